The Morgan fingerprint density at radius 1 is 1.17 bits per heavy atom. The van der Waals surface area contributed by atoms with Gasteiger partial charge >= 0.3 is 0 Å². The molecule has 0 saturated carbocycles. The maximum absolute atomic E-state index is 12.1. The molecule has 0 aromatic heterocycles. The highest BCUT2D eigenvalue weighted by Crippen LogP contribution is 2.19. The van der Waals surface area contributed by atoms with Gasteiger partial charge in [0.2, 0.25) is 0 Å². The molecule has 1 aliphatic heterocycles. The molecule has 0 aliphatic carbocycles. The fraction of sp³-hybridized carbons (Fsp3) is 0.533. The van der Waals surface area contributed by atoms with Crippen LogP contribution in [0, 0.1) is 6.92 Å². The molecule has 100 valence electrons. The highest BCUT2D eigenvalue weighted by molar-refractivity contribution is 6.31. The molecule has 0 radical (unpaired) electrons. The maximum Gasteiger partial charge on any atom is 0.253 e. The molecule has 1 amide bonds. The maximum atomic E-state index is 12.1. The van der Waals surface area contributed by atoms with Gasteiger partial charge in [0, 0.05) is 23.7 Å². The van der Waals surface area contributed by atoms with Crippen LogP contribution in [0.4, 0.5) is 0 Å². The summed E-state index contributed by atoms with van der Waals surface area (Å²) in [6, 6.07) is 5.49. The Balaban J connectivity index is 0.000000771. The molecule has 0 N–H and O–H groups in total. The lowest BCUT2D eigenvalue weighted by Gasteiger charge is -2.26. The third kappa shape index (κ3) is 3.74. The average Bonchev–Trinajstić information content (AvgIpc) is 2.44. The molecule has 2 rings (SSSR count). The van der Waals surface area contributed by atoms with Crippen LogP contribution in [0.2, 0.25) is 5.02 Å². The van der Waals surface area contributed by atoms with Crippen LogP contribution in [0.3, 0.4) is 0 Å². The zero-order valence-corrected chi connectivity index (χ0v) is 12.3. The Bertz CT molecular complexity index is 397. The Kier molecular flexibility index (Phi) is 6.20. The number of likely N-dealkylation sites (tertiary alicyclic amines) is 1. The molecule has 18 heavy (non-hydrogen) atoms. The summed E-state index contributed by atoms with van der Waals surface area (Å²) >= 11 is 5.95. The van der Waals surface area contributed by atoms with Gasteiger partial charge in [0.25, 0.3) is 5.91 Å². The van der Waals surface area contributed by atoms with Gasteiger partial charge in [-0.25, -0.2) is 0 Å². The van der Waals surface area contributed by atoms with Crippen LogP contribution in [-0.4, -0.2) is 23.9 Å². The van der Waals surface area contributed by atoms with Crippen molar-refractivity contribution in [2.75, 3.05) is 13.1 Å². The number of nitrogens with zero attached hydrogens (tertiary/aromatic N) is 1. The molecular weight excluding hydrogens is 246 g/mol. The van der Waals surface area contributed by atoms with E-state index in [0.29, 0.717) is 0 Å². The molecule has 1 saturated heterocycles. The Morgan fingerprint density at radius 3 is 2.33 bits per heavy atom. The first-order valence-electron chi connectivity index (χ1n) is 6.74. The molecule has 2 nitrogen and oxygen atoms in total. The van der Waals surface area contributed by atoms with Crippen LogP contribution in [0.15, 0.2) is 18.2 Å². The fourth-order valence-corrected chi connectivity index (χ4v) is 2.17. The monoisotopic (exact) mass is 267 g/mol. The van der Waals surface area contributed by atoms with Crippen molar-refractivity contribution >= 4 is 17.5 Å². The lowest BCUT2D eigenvalue weighted by atomic mass is 10.1. The molecule has 0 bridgehead atoms. The molecular formula is C15H22ClNO. The molecule has 1 fully saturated rings. The molecule has 3 heteroatoms. The van der Waals surface area contributed by atoms with Gasteiger partial charge in [-0.3, -0.25) is 4.79 Å². The number of hydrogen-bond donors (Lipinski definition) is 0. The predicted octanol–water partition coefficient (Wildman–Crippen LogP) is 4.30. The van der Waals surface area contributed by atoms with E-state index in [0.717, 1.165) is 42.1 Å². The van der Waals surface area contributed by atoms with Crippen LogP contribution in [0.1, 0.15) is 49.0 Å². The summed E-state index contributed by atoms with van der Waals surface area (Å²) in [7, 11) is 0. The third-order valence-corrected chi connectivity index (χ3v) is 3.47. The molecule has 1 aliphatic rings. The highest BCUT2D eigenvalue weighted by Gasteiger charge is 2.18. The number of halogens is 1. The molecule has 1 aromatic carbocycles. The molecule has 1 heterocycles. The van der Waals surface area contributed by atoms with Crippen molar-refractivity contribution < 1.29 is 4.79 Å². The minimum atomic E-state index is 0.138. The Hall–Kier alpha value is -1.02. The van der Waals surface area contributed by atoms with Gasteiger partial charge in [0.1, 0.15) is 0 Å². The van der Waals surface area contributed by atoms with Crippen molar-refractivity contribution in [2.45, 2.75) is 40.0 Å². The second-order valence-electron chi connectivity index (χ2n) is 4.32. The van der Waals surface area contributed by atoms with Crippen LogP contribution in [0.25, 0.3) is 0 Å². The van der Waals surface area contributed by atoms with E-state index >= 15 is 0 Å². The normalized spacial score (nSPS) is 14.8. The number of piperidine rings is 1. The van der Waals surface area contributed by atoms with Gasteiger partial charge in [-0.1, -0.05) is 25.4 Å². The summed E-state index contributed by atoms with van der Waals surface area (Å²) in [6.45, 7) is 7.70. The number of hydrogen-bond acceptors (Lipinski definition) is 1. The number of rotatable bonds is 1. The van der Waals surface area contributed by atoms with Gasteiger partial charge in [0.15, 0.2) is 0 Å². The minimum absolute atomic E-state index is 0.138. The molecule has 0 atom stereocenters. The lowest BCUT2D eigenvalue weighted by molar-refractivity contribution is 0.0724. The van der Waals surface area contributed by atoms with E-state index in [4.69, 9.17) is 11.6 Å². The molecule has 0 spiro atoms. The summed E-state index contributed by atoms with van der Waals surface area (Å²) in [4.78, 5) is 14.1. The van der Waals surface area contributed by atoms with Crippen LogP contribution in [0.5, 0.6) is 0 Å². The van der Waals surface area contributed by atoms with Crippen molar-refractivity contribution in [1.29, 1.82) is 0 Å². The Labute approximate surface area is 115 Å². The van der Waals surface area contributed by atoms with Crippen LogP contribution in [-0.2, 0) is 0 Å². The van der Waals surface area contributed by atoms with Gasteiger partial charge in [-0.05, 0) is 49.9 Å². The van der Waals surface area contributed by atoms with Gasteiger partial charge in [0.05, 0.1) is 0 Å². The van der Waals surface area contributed by atoms with Crippen molar-refractivity contribution in [3.63, 3.8) is 0 Å². The largest absolute Gasteiger partial charge is 0.339 e. The van der Waals surface area contributed by atoms with Crippen molar-refractivity contribution in [3.05, 3.63) is 34.3 Å². The summed E-state index contributed by atoms with van der Waals surface area (Å²) in [5.74, 6) is 0.138. The second-order valence-corrected chi connectivity index (χ2v) is 4.72. The predicted molar refractivity (Wildman–Crippen MR) is 77.3 cm³/mol. The lowest BCUT2D eigenvalue weighted by Crippen LogP contribution is -2.35. The van der Waals surface area contributed by atoms with E-state index in [1.54, 1.807) is 6.07 Å². The molecule has 1 aromatic rings. The van der Waals surface area contributed by atoms with Crippen molar-refractivity contribution in [1.82, 2.24) is 4.90 Å². The van der Waals surface area contributed by atoms with Gasteiger partial charge in [-0.2, -0.15) is 0 Å². The van der Waals surface area contributed by atoms with Crippen LogP contribution >= 0.6 is 11.6 Å². The Morgan fingerprint density at radius 2 is 1.78 bits per heavy atom. The van der Waals surface area contributed by atoms with Crippen molar-refractivity contribution in [3.8, 4) is 0 Å². The number of carbonyl (C=O) groups is 1. The average molecular weight is 268 g/mol. The number of benzene rings is 1. The van der Waals surface area contributed by atoms with E-state index < -0.39 is 0 Å². The SMILES string of the molecule is CC.Cc1cc(C(=O)N2CCCCC2)ccc1Cl. The first kappa shape index (κ1) is 15.0. The van der Waals surface area contributed by atoms with E-state index in [2.05, 4.69) is 0 Å². The zero-order chi connectivity index (χ0) is 13.5. The smallest absolute Gasteiger partial charge is 0.253 e. The first-order valence-corrected chi connectivity index (χ1v) is 7.12. The highest BCUT2D eigenvalue weighted by atomic mass is 35.5. The number of amides is 1. The zero-order valence-electron chi connectivity index (χ0n) is 11.5. The third-order valence-electron chi connectivity index (χ3n) is 3.05. The van der Waals surface area contributed by atoms with E-state index in [1.807, 2.05) is 37.8 Å². The van der Waals surface area contributed by atoms with E-state index in [1.165, 1.54) is 6.42 Å². The summed E-state index contributed by atoms with van der Waals surface area (Å²) in [6.07, 6.45) is 3.49. The summed E-state index contributed by atoms with van der Waals surface area (Å²) < 4.78 is 0. The topological polar surface area (TPSA) is 20.3 Å². The van der Waals surface area contributed by atoms with Gasteiger partial charge < -0.3 is 4.90 Å². The van der Waals surface area contributed by atoms with E-state index in [9.17, 15) is 4.79 Å². The fourth-order valence-electron chi connectivity index (χ4n) is 2.06. The van der Waals surface area contributed by atoms with Crippen molar-refractivity contribution in [2.24, 2.45) is 0 Å². The standard InChI is InChI=1S/C13H16ClNO.C2H6/c1-10-9-11(5-6-12(10)14)13(16)15-7-3-2-4-8-15;1-2/h5-6,9H,2-4,7-8H2,1H3;1-2H3. The summed E-state index contributed by atoms with van der Waals surface area (Å²) in [5.41, 5.74) is 1.72. The summed E-state index contributed by atoms with van der Waals surface area (Å²) in [5, 5.41) is 0.718. The minimum Gasteiger partial charge on any atom is -0.339 e. The quantitative estimate of drug-likeness (QED) is 0.743. The van der Waals surface area contributed by atoms with Crippen LogP contribution < -0.4 is 0 Å². The first-order chi connectivity index (χ1) is 8.68. The number of aryl methyl sites for hydroxylation is 1. The molecule has 0 unspecified atom stereocenters. The van der Waals surface area contributed by atoms with Gasteiger partial charge in [-0.15, -0.1) is 0 Å². The number of carbonyl (C=O) groups excluding carboxylic acids is 1. The second kappa shape index (κ2) is 7.42. The van der Waals surface area contributed by atoms with E-state index in [-0.39, 0.29) is 5.91 Å².